The second-order valence-electron chi connectivity index (χ2n) is 26.0. The smallest absolute Gasteiger partial charge is 0.305 e. The van der Waals surface area contributed by atoms with Crippen molar-refractivity contribution in [2.45, 2.75) is 410 Å². The summed E-state index contributed by atoms with van der Waals surface area (Å²) >= 11 is 0. The van der Waals surface area contributed by atoms with E-state index >= 15 is 0 Å². The first kappa shape index (κ1) is 81.9. The largest absolute Gasteiger partial charge is 0.466 e. The van der Waals surface area contributed by atoms with E-state index in [1.165, 1.54) is 289 Å². The van der Waals surface area contributed by atoms with E-state index in [0.29, 0.717) is 19.4 Å². The fourth-order valence-electron chi connectivity index (χ4n) is 11.9. The highest BCUT2D eigenvalue weighted by Crippen LogP contribution is 2.23. The first-order chi connectivity index (χ1) is 42.2. The number of hydrogen-bond donors (Lipinski definition) is 6. The van der Waals surface area contributed by atoms with Gasteiger partial charge in [-0.05, 0) is 70.6 Å². The Hall–Kier alpha value is -2.12. The van der Waals surface area contributed by atoms with E-state index in [0.717, 1.165) is 51.4 Å². The predicted octanol–water partition coefficient (Wildman–Crippen LogP) is 19.4. The average molecular weight is 1220 g/mol. The molecule has 7 atom stereocenters. The van der Waals surface area contributed by atoms with Crippen LogP contribution in [0, 0.1) is 0 Å². The van der Waals surface area contributed by atoms with Crippen molar-refractivity contribution in [2.24, 2.45) is 0 Å². The van der Waals surface area contributed by atoms with Gasteiger partial charge in [0, 0.05) is 12.8 Å². The van der Waals surface area contributed by atoms with E-state index < -0.39 is 49.5 Å². The summed E-state index contributed by atoms with van der Waals surface area (Å²) in [4.78, 5) is 25.1. The summed E-state index contributed by atoms with van der Waals surface area (Å²) in [5.74, 6) is -0.174. The summed E-state index contributed by atoms with van der Waals surface area (Å²) in [5.41, 5.74) is 0. The molecular formula is C75H141NO10. The minimum absolute atomic E-state index is 0.0134. The van der Waals surface area contributed by atoms with Crippen LogP contribution in [0.3, 0.4) is 0 Å². The molecule has 0 bridgehead atoms. The van der Waals surface area contributed by atoms with Gasteiger partial charge < -0.3 is 45.1 Å². The number of carbonyl (C=O) groups excluding carboxylic acids is 2. The zero-order valence-electron chi connectivity index (χ0n) is 56.3. The minimum Gasteiger partial charge on any atom is -0.466 e. The first-order valence-electron chi connectivity index (χ1n) is 37.3. The van der Waals surface area contributed by atoms with Gasteiger partial charge in [0.05, 0.1) is 32.0 Å². The monoisotopic (exact) mass is 1220 g/mol. The third kappa shape index (κ3) is 52.6. The summed E-state index contributed by atoms with van der Waals surface area (Å²) in [6.45, 7) is 4.35. The highest BCUT2D eigenvalue weighted by Gasteiger charge is 2.44. The summed E-state index contributed by atoms with van der Waals surface area (Å²) in [6.07, 6.45) is 73.1. The van der Waals surface area contributed by atoms with Crippen molar-refractivity contribution in [2.75, 3.05) is 19.8 Å². The lowest BCUT2D eigenvalue weighted by molar-refractivity contribution is -0.302. The molecule has 1 aliphatic heterocycles. The molecule has 7 unspecified atom stereocenters. The van der Waals surface area contributed by atoms with Crippen LogP contribution in [0.1, 0.15) is 367 Å². The number of aliphatic hydroxyl groups excluding tert-OH is 5. The molecule has 86 heavy (non-hydrogen) atoms. The van der Waals surface area contributed by atoms with Gasteiger partial charge in [0.1, 0.15) is 24.4 Å². The van der Waals surface area contributed by atoms with Crippen molar-refractivity contribution >= 4 is 11.9 Å². The molecule has 0 aromatic carbocycles. The lowest BCUT2D eigenvalue weighted by Crippen LogP contribution is -2.60. The van der Waals surface area contributed by atoms with E-state index in [1.807, 2.05) is 6.08 Å². The van der Waals surface area contributed by atoms with Crippen LogP contribution < -0.4 is 5.32 Å². The zero-order valence-corrected chi connectivity index (χ0v) is 56.3. The van der Waals surface area contributed by atoms with Gasteiger partial charge in [-0.1, -0.05) is 320 Å². The molecule has 0 aromatic rings. The quantitative estimate of drug-likeness (QED) is 0.0195. The molecule has 1 rings (SSSR count). The fraction of sp³-hybridized carbons (Fsp3) is 0.893. The van der Waals surface area contributed by atoms with Gasteiger partial charge in [-0.3, -0.25) is 9.59 Å². The Balaban J connectivity index is 1.93. The van der Waals surface area contributed by atoms with Crippen molar-refractivity contribution in [3.8, 4) is 0 Å². The van der Waals surface area contributed by atoms with Crippen LogP contribution >= 0.6 is 0 Å². The zero-order chi connectivity index (χ0) is 62.3. The van der Waals surface area contributed by atoms with Crippen LogP contribution in [0.4, 0.5) is 0 Å². The van der Waals surface area contributed by atoms with Crippen LogP contribution in [0.5, 0.6) is 0 Å². The Morgan fingerprint density at radius 3 is 1.15 bits per heavy atom. The molecule has 0 aliphatic carbocycles. The topological polar surface area (TPSA) is 175 Å². The minimum atomic E-state index is -1.57. The third-order valence-electron chi connectivity index (χ3n) is 17.7. The lowest BCUT2D eigenvalue weighted by atomic mass is 9.99. The standard InChI is InChI=1S/C75H141NO10/c1-3-5-7-9-11-13-15-42-45-49-53-57-61-68(78)67(66-85-75-74(83)73(82)72(81)69(65-77)86-75)76-70(79)62-58-54-50-46-43-39-37-35-33-31-29-27-25-23-21-19-17-16-18-20-22-24-26-28-30-32-34-36-38-40-44-48-52-56-60-64-84-71(80)63-59-55-51-47-41-14-12-10-8-6-4-2/h18,20,42,45,57,61,67-69,72-75,77-78,81-83H,3-17,19,21-41,43-44,46-56,58-60,62-66H2,1-2H3,(H,76,79)/b20-18-,45-42+,61-57+. The summed E-state index contributed by atoms with van der Waals surface area (Å²) in [6, 6.07) is -0.824. The van der Waals surface area contributed by atoms with Gasteiger partial charge in [-0.15, -0.1) is 0 Å². The number of nitrogens with one attached hydrogen (secondary N) is 1. The predicted molar refractivity (Wildman–Crippen MR) is 361 cm³/mol. The highest BCUT2D eigenvalue weighted by molar-refractivity contribution is 5.76. The maximum Gasteiger partial charge on any atom is 0.305 e. The molecule has 0 radical (unpaired) electrons. The Morgan fingerprint density at radius 1 is 0.419 bits per heavy atom. The van der Waals surface area contributed by atoms with Crippen molar-refractivity contribution in [1.29, 1.82) is 0 Å². The number of aliphatic hydroxyl groups is 5. The van der Waals surface area contributed by atoms with Crippen LogP contribution in [-0.2, 0) is 23.8 Å². The molecule has 506 valence electrons. The SMILES string of the molecule is CCCCCCCC/C=C/CC/C=C/C(O)C(COC1OC(CO)C(O)C(O)C1O)NC(=O)CCCCCCCCCCCCCCCCCCC/C=C\CCCCCCCCCCCCCCCCOC(=O)CCCCCCCCCCCCC. The van der Waals surface area contributed by atoms with E-state index in [1.54, 1.807) is 6.08 Å². The van der Waals surface area contributed by atoms with Crippen LogP contribution in [0.25, 0.3) is 0 Å². The molecule has 1 fully saturated rings. The average Bonchev–Trinajstić information content (AvgIpc) is 3.61. The Labute approximate surface area is 530 Å². The van der Waals surface area contributed by atoms with Crippen molar-refractivity contribution in [3.05, 3.63) is 36.5 Å². The lowest BCUT2D eigenvalue weighted by Gasteiger charge is -2.40. The number of carbonyl (C=O) groups is 2. The molecule has 11 nitrogen and oxygen atoms in total. The Morgan fingerprint density at radius 2 is 0.756 bits per heavy atom. The van der Waals surface area contributed by atoms with Crippen LogP contribution in [-0.4, -0.2) is 100 Å². The number of rotatable bonds is 66. The first-order valence-corrected chi connectivity index (χ1v) is 37.3. The van der Waals surface area contributed by atoms with Crippen molar-refractivity contribution in [3.63, 3.8) is 0 Å². The number of amides is 1. The number of allylic oxidation sites excluding steroid dienone is 5. The summed E-state index contributed by atoms with van der Waals surface area (Å²) in [7, 11) is 0. The van der Waals surface area contributed by atoms with Gasteiger partial charge in [0.25, 0.3) is 0 Å². The van der Waals surface area contributed by atoms with E-state index in [-0.39, 0.29) is 18.5 Å². The normalized spacial score (nSPS) is 18.1. The third-order valence-corrected chi connectivity index (χ3v) is 17.7. The molecule has 1 heterocycles. The molecular weight excluding hydrogens is 1070 g/mol. The summed E-state index contributed by atoms with van der Waals surface area (Å²) < 4.78 is 16.7. The van der Waals surface area contributed by atoms with Crippen LogP contribution in [0.2, 0.25) is 0 Å². The molecule has 11 heteroatoms. The fourth-order valence-corrected chi connectivity index (χ4v) is 11.9. The Bertz CT molecular complexity index is 1520. The maximum absolute atomic E-state index is 13.1. The number of esters is 1. The van der Waals surface area contributed by atoms with Gasteiger partial charge in [0.15, 0.2) is 6.29 Å². The molecule has 0 aromatic heterocycles. The van der Waals surface area contributed by atoms with Gasteiger partial charge in [-0.25, -0.2) is 0 Å². The van der Waals surface area contributed by atoms with Crippen LogP contribution in [0.15, 0.2) is 36.5 Å². The number of unbranched alkanes of at least 4 members (excludes halogenated alkanes) is 48. The van der Waals surface area contributed by atoms with Crippen molar-refractivity contribution < 1.29 is 49.3 Å². The van der Waals surface area contributed by atoms with E-state index in [4.69, 9.17) is 14.2 Å². The second-order valence-corrected chi connectivity index (χ2v) is 26.0. The van der Waals surface area contributed by atoms with E-state index in [9.17, 15) is 35.1 Å². The molecule has 1 saturated heterocycles. The molecule has 6 N–H and O–H groups in total. The molecule has 0 spiro atoms. The molecule has 1 amide bonds. The molecule has 0 saturated carbocycles. The van der Waals surface area contributed by atoms with Gasteiger partial charge in [-0.2, -0.15) is 0 Å². The number of ether oxygens (including phenoxy) is 3. The Kier molecular flexibility index (Phi) is 61.3. The maximum atomic E-state index is 13.1. The highest BCUT2D eigenvalue weighted by atomic mass is 16.7. The second kappa shape index (κ2) is 64.4. The van der Waals surface area contributed by atoms with Crippen molar-refractivity contribution in [1.82, 2.24) is 5.32 Å². The summed E-state index contributed by atoms with van der Waals surface area (Å²) in [5, 5.41) is 54.4. The van der Waals surface area contributed by atoms with Gasteiger partial charge in [0.2, 0.25) is 5.91 Å². The number of hydrogen-bond acceptors (Lipinski definition) is 10. The molecule has 1 aliphatic rings. The van der Waals surface area contributed by atoms with E-state index in [2.05, 4.69) is 43.5 Å². The van der Waals surface area contributed by atoms with Gasteiger partial charge >= 0.3 is 5.97 Å².